The Morgan fingerprint density at radius 3 is 2.65 bits per heavy atom. The summed E-state index contributed by atoms with van der Waals surface area (Å²) in [5.41, 5.74) is 7.23. The lowest BCUT2D eigenvalue weighted by atomic mass is 10.0. The van der Waals surface area contributed by atoms with Crippen LogP contribution >= 0.6 is 11.8 Å². The molecule has 3 rings (SSSR count). The zero-order valence-corrected chi connectivity index (χ0v) is 13.0. The number of hydrogen-bond acceptors (Lipinski definition) is 3. The molecule has 0 saturated heterocycles. The Hall–Kier alpha value is -0.670. The smallest absolute Gasteiger partial charge is 0.0480 e. The third-order valence-electron chi connectivity index (χ3n) is 4.79. The summed E-state index contributed by atoms with van der Waals surface area (Å²) in [7, 11) is 0. The number of benzene rings is 1. The van der Waals surface area contributed by atoms with Crippen LogP contribution in [0.15, 0.2) is 29.2 Å². The van der Waals surface area contributed by atoms with E-state index >= 15 is 0 Å². The molecule has 0 aromatic heterocycles. The fraction of sp³-hybridized carbons (Fsp3) is 0.647. The van der Waals surface area contributed by atoms with Crippen molar-refractivity contribution in [3.8, 4) is 0 Å². The predicted octanol–water partition coefficient (Wildman–Crippen LogP) is 4.26. The van der Waals surface area contributed by atoms with E-state index < -0.39 is 0 Å². The quantitative estimate of drug-likeness (QED) is 0.851. The summed E-state index contributed by atoms with van der Waals surface area (Å²) >= 11 is 2.08. The normalized spacial score (nSPS) is 27.1. The first kappa shape index (κ1) is 14.3. The molecule has 1 aromatic carbocycles. The Balaban J connectivity index is 1.68. The van der Waals surface area contributed by atoms with Crippen LogP contribution in [0.25, 0.3) is 0 Å². The van der Waals surface area contributed by atoms with Gasteiger partial charge in [0.05, 0.1) is 0 Å². The Labute approximate surface area is 126 Å². The van der Waals surface area contributed by atoms with Gasteiger partial charge in [-0.3, -0.25) is 0 Å². The Morgan fingerprint density at radius 2 is 1.85 bits per heavy atom. The van der Waals surface area contributed by atoms with Crippen LogP contribution in [0, 0.1) is 5.92 Å². The third-order valence-corrected chi connectivity index (χ3v) is 6.20. The summed E-state index contributed by atoms with van der Waals surface area (Å²) in [5, 5.41) is 4.61. The minimum Gasteiger partial charge on any atom is -0.381 e. The molecule has 0 radical (unpaired) electrons. The van der Waals surface area contributed by atoms with Crippen molar-refractivity contribution < 1.29 is 0 Å². The largest absolute Gasteiger partial charge is 0.381 e. The second kappa shape index (κ2) is 6.86. The lowest BCUT2D eigenvalue weighted by molar-refractivity contribution is 0.516. The number of nitrogens with one attached hydrogen (secondary N) is 1. The lowest BCUT2D eigenvalue weighted by Gasteiger charge is -2.23. The van der Waals surface area contributed by atoms with Crippen LogP contribution in [0.4, 0.5) is 5.69 Å². The number of anilines is 1. The maximum atomic E-state index is 5.90. The van der Waals surface area contributed by atoms with Crippen molar-refractivity contribution in [3.63, 3.8) is 0 Å². The van der Waals surface area contributed by atoms with Gasteiger partial charge in [-0.15, -0.1) is 11.8 Å². The predicted molar refractivity (Wildman–Crippen MR) is 88.4 cm³/mol. The molecular formula is C17H26N2S. The monoisotopic (exact) mass is 290 g/mol. The van der Waals surface area contributed by atoms with Gasteiger partial charge in [0, 0.05) is 21.9 Å². The zero-order chi connectivity index (χ0) is 13.8. The maximum Gasteiger partial charge on any atom is 0.0480 e. The molecule has 2 aliphatic rings. The molecule has 2 saturated carbocycles. The minimum absolute atomic E-state index is 0.574. The molecule has 1 aromatic rings. The van der Waals surface area contributed by atoms with E-state index in [1.54, 1.807) is 0 Å². The molecule has 2 atom stereocenters. The average Bonchev–Trinajstić information content (AvgIpc) is 3.12. The van der Waals surface area contributed by atoms with E-state index in [4.69, 9.17) is 5.73 Å². The summed E-state index contributed by atoms with van der Waals surface area (Å²) in [6.07, 6.45) is 9.45. The molecule has 2 fully saturated rings. The molecule has 2 nitrogen and oxygen atoms in total. The standard InChI is InChI=1S/C17H26N2S/c18-12-13-6-5-10-15(13)19-16-9-3-4-11-17(16)20-14-7-1-2-8-14/h3-4,9,11,13-15,19H,1-2,5-8,10,12,18H2. The van der Waals surface area contributed by atoms with Gasteiger partial charge in [-0.25, -0.2) is 0 Å². The molecule has 3 N–H and O–H groups in total. The first-order chi connectivity index (χ1) is 9.86. The number of para-hydroxylation sites is 1. The zero-order valence-electron chi connectivity index (χ0n) is 12.2. The van der Waals surface area contributed by atoms with Crippen LogP contribution in [0.2, 0.25) is 0 Å². The summed E-state index contributed by atoms with van der Waals surface area (Å²) in [6.45, 7) is 0.815. The topological polar surface area (TPSA) is 38.0 Å². The molecule has 3 heteroatoms. The molecular weight excluding hydrogens is 264 g/mol. The van der Waals surface area contributed by atoms with Gasteiger partial charge in [0.25, 0.3) is 0 Å². The molecule has 0 spiro atoms. The van der Waals surface area contributed by atoms with Crippen molar-refractivity contribution in [1.82, 2.24) is 0 Å². The van der Waals surface area contributed by atoms with E-state index in [0.29, 0.717) is 12.0 Å². The van der Waals surface area contributed by atoms with Crippen molar-refractivity contribution in [1.29, 1.82) is 0 Å². The van der Waals surface area contributed by atoms with Crippen molar-refractivity contribution in [2.45, 2.75) is 61.1 Å². The second-order valence-corrected chi connectivity index (χ2v) is 7.54. The van der Waals surface area contributed by atoms with Crippen molar-refractivity contribution in [2.75, 3.05) is 11.9 Å². The average molecular weight is 290 g/mol. The first-order valence-corrected chi connectivity index (χ1v) is 8.97. The van der Waals surface area contributed by atoms with Crippen LogP contribution in [0.1, 0.15) is 44.9 Å². The number of hydrogen-bond donors (Lipinski definition) is 2. The van der Waals surface area contributed by atoms with Gasteiger partial charge in [0.15, 0.2) is 0 Å². The second-order valence-electron chi connectivity index (χ2n) is 6.20. The van der Waals surface area contributed by atoms with E-state index in [1.807, 2.05) is 0 Å². The molecule has 20 heavy (non-hydrogen) atoms. The Kier molecular flexibility index (Phi) is 4.90. The Morgan fingerprint density at radius 1 is 1.05 bits per heavy atom. The van der Waals surface area contributed by atoms with Gasteiger partial charge in [0.1, 0.15) is 0 Å². The molecule has 2 aliphatic carbocycles. The Bertz CT molecular complexity index is 429. The van der Waals surface area contributed by atoms with Gasteiger partial charge in [-0.1, -0.05) is 31.4 Å². The van der Waals surface area contributed by atoms with Crippen molar-refractivity contribution in [2.24, 2.45) is 11.7 Å². The van der Waals surface area contributed by atoms with Gasteiger partial charge < -0.3 is 11.1 Å². The van der Waals surface area contributed by atoms with E-state index in [1.165, 1.54) is 55.5 Å². The van der Waals surface area contributed by atoms with Gasteiger partial charge >= 0.3 is 0 Å². The summed E-state index contributed by atoms with van der Waals surface area (Å²) in [4.78, 5) is 1.43. The lowest BCUT2D eigenvalue weighted by Crippen LogP contribution is -2.29. The number of nitrogens with two attached hydrogens (primary N) is 1. The van der Waals surface area contributed by atoms with Crippen LogP contribution in [-0.2, 0) is 0 Å². The fourth-order valence-corrected chi connectivity index (χ4v) is 4.92. The van der Waals surface area contributed by atoms with Crippen molar-refractivity contribution >= 4 is 17.4 Å². The molecule has 0 amide bonds. The highest BCUT2D eigenvalue weighted by atomic mass is 32.2. The van der Waals surface area contributed by atoms with Crippen LogP contribution in [-0.4, -0.2) is 17.8 Å². The summed E-state index contributed by atoms with van der Waals surface area (Å²) in [6, 6.07) is 9.40. The van der Waals surface area contributed by atoms with E-state index in [9.17, 15) is 0 Å². The van der Waals surface area contributed by atoms with Gasteiger partial charge in [-0.05, 0) is 50.3 Å². The van der Waals surface area contributed by atoms with Crippen LogP contribution in [0.5, 0.6) is 0 Å². The van der Waals surface area contributed by atoms with Crippen molar-refractivity contribution in [3.05, 3.63) is 24.3 Å². The van der Waals surface area contributed by atoms with Crippen LogP contribution in [0.3, 0.4) is 0 Å². The molecule has 0 aliphatic heterocycles. The van der Waals surface area contributed by atoms with E-state index in [-0.39, 0.29) is 0 Å². The van der Waals surface area contributed by atoms with Crippen LogP contribution < -0.4 is 11.1 Å². The minimum atomic E-state index is 0.574. The third kappa shape index (κ3) is 3.32. The fourth-order valence-electron chi connectivity index (χ4n) is 3.58. The molecule has 2 unspecified atom stereocenters. The highest BCUT2D eigenvalue weighted by Crippen LogP contribution is 2.39. The maximum absolute atomic E-state index is 5.90. The molecule has 0 bridgehead atoms. The van der Waals surface area contributed by atoms with Gasteiger partial charge in [-0.2, -0.15) is 0 Å². The SMILES string of the molecule is NCC1CCCC1Nc1ccccc1SC1CCCC1. The van der Waals surface area contributed by atoms with Gasteiger partial charge in [0.2, 0.25) is 0 Å². The number of thioether (sulfide) groups is 1. The summed E-state index contributed by atoms with van der Waals surface area (Å²) < 4.78 is 0. The number of rotatable bonds is 5. The van der Waals surface area contributed by atoms with E-state index in [0.717, 1.165) is 11.8 Å². The molecule has 110 valence electrons. The van der Waals surface area contributed by atoms with E-state index in [2.05, 4.69) is 41.3 Å². The highest BCUT2D eigenvalue weighted by molar-refractivity contribution is 8.00. The summed E-state index contributed by atoms with van der Waals surface area (Å²) in [5.74, 6) is 0.652. The first-order valence-electron chi connectivity index (χ1n) is 8.09. The highest BCUT2D eigenvalue weighted by Gasteiger charge is 2.26. The molecule has 0 heterocycles.